The molecule has 0 saturated carbocycles. The van der Waals surface area contributed by atoms with Crippen molar-refractivity contribution in [2.75, 3.05) is 13.1 Å². The zero-order valence-corrected chi connectivity index (χ0v) is 14.3. The van der Waals surface area contributed by atoms with E-state index in [0.717, 1.165) is 5.56 Å². The first-order chi connectivity index (χ1) is 12.0. The monoisotopic (exact) mass is 366 g/mol. The third-order valence-corrected chi connectivity index (χ3v) is 6.02. The van der Waals surface area contributed by atoms with Crippen LogP contribution in [0.3, 0.4) is 0 Å². The average molecular weight is 366 g/mol. The maximum atomic E-state index is 12.9. The van der Waals surface area contributed by atoms with E-state index in [4.69, 9.17) is 0 Å². The van der Waals surface area contributed by atoms with E-state index < -0.39 is 15.9 Å². The smallest absolute Gasteiger partial charge is 0.260 e. The molecule has 0 spiro atoms. The molecule has 134 valence electrons. The van der Waals surface area contributed by atoms with Crippen LogP contribution in [0.25, 0.3) is 0 Å². The van der Waals surface area contributed by atoms with Crippen LogP contribution in [0, 0.1) is 11.7 Å². The van der Waals surface area contributed by atoms with Crippen LogP contribution in [0.15, 0.2) is 41.8 Å². The Morgan fingerprint density at radius 3 is 2.80 bits per heavy atom. The Hall–Kier alpha value is -2.26. The van der Waals surface area contributed by atoms with Crippen molar-refractivity contribution in [2.45, 2.75) is 24.4 Å². The topological polar surface area (TPSA) is 95.2 Å². The molecule has 1 atom stereocenters. The minimum absolute atomic E-state index is 0.0277. The van der Waals surface area contributed by atoms with Crippen LogP contribution >= 0.6 is 0 Å². The molecule has 25 heavy (non-hydrogen) atoms. The lowest BCUT2D eigenvalue weighted by Crippen LogP contribution is -2.45. The molecule has 2 aromatic rings. The van der Waals surface area contributed by atoms with Gasteiger partial charge in [0.1, 0.15) is 5.82 Å². The van der Waals surface area contributed by atoms with Gasteiger partial charge < -0.3 is 10.3 Å². The summed E-state index contributed by atoms with van der Waals surface area (Å²) >= 11 is 0. The summed E-state index contributed by atoms with van der Waals surface area (Å²) < 4.78 is 39.2. The molecule has 0 unspecified atom stereocenters. The number of rotatable bonds is 5. The van der Waals surface area contributed by atoms with Crippen molar-refractivity contribution in [3.63, 3.8) is 0 Å². The molecule has 0 aliphatic carbocycles. The van der Waals surface area contributed by atoms with Gasteiger partial charge in [0, 0.05) is 19.6 Å². The summed E-state index contributed by atoms with van der Waals surface area (Å²) in [4.78, 5) is 18.7. The fraction of sp³-hybridized carbons (Fsp3) is 0.375. The number of imidazole rings is 1. The highest BCUT2D eigenvalue weighted by Crippen LogP contribution is 2.22. The van der Waals surface area contributed by atoms with Gasteiger partial charge in [-0.3, -0.25) is 4.79 Å². The predicted molar refractivity (Wildman–Crippen MR) is 88.3 cm³/mol. The fourth-order valence-corrected chi connectivity index (χ4v) is 4.25. The first kappa shape index (κ1) is 17.6. The molecule has 3 rings (SSSR count). The van der Waals surface area contributed by atoms with E-state index in [1.54, 1.807) is 12.1 Å². The Labute approximate surface area is 145 Å². The van der Waals surface area contributed by atoms with Gasteiger partial charge in [0.25, 0.3) is 10.0 Å². The SMILES string of the molecule is O=C(NCc1ccc(F)cc1)[C@@H]1CCCN(S(=O)(=O)c2cnc[nH]2)C1. The number of benzene rings is 1. The third kappa shape index (κ3) is 4.05. The van der Waals surface area contributed by atoms with Crippen LogP contribution in [-0.2, 0) is 21.4 Å². The summed E-state index contributed by atoms with van der Waals surface area (Å²) in [5, 5.41) is 2.82. The molecule has 1 aliphatic heterocycles. The first-order valence-corrected chi connectivity index (χ1v) is 9.41. The number of sulfonamides is 1. The number of carbonyl (C=O) groups is 1. The molecular weight excluding hydrogens is 347 g/mol. The van der Waals surface area contributed by atoms with E-state index in [9.17, 15) is 17.6 Å². The zero-order chi connectivity index (χ0) is 17.9. The van der Waals surface area contributed by atoms with Gasteiger partial charge in [-0.05, 0) is 30.5 Å². The lowest BCUT2D eigenvalue weighted by molar-refractivity contribution is -0.126. The second-order valence-corrected chi connectivity index (χ2v) is 7.87. The number of nitrogens with one attached hydrogen (secondary N) is 2. The summed E-state index contributed by atoms with van der Waals surface area (Å²) in [6.07, 6.45) is 3.81. The van der Waals surface area contributed by atoms with Crippen LogP contribution in [0.1, 0.15) is 18.4 Å². The van der Waals surface area contributed by atoms with Crippen LogP contribution in [0.2, 0.25) is 0 Å². The van der Waals surface area contributed by atoms with Gasteiger partial charge in [0.2, 0.25) is 5.91 Å². The lowest BCUT2D eigenvalue weighted by atomic mass is 9.99. The normalized spacial score (nSPS) is 18.8. The summed E-state index contributed by atoms with van der Waals surface area (Å²) in [5.74, 6) is -0.942. The van der Waals surface area contributed by atoms with Crippen molar-refractivity contribution in [3.8, 4) is 0 Å². The molecule has 1 amide bonds. The highest BCUT2D eigenvalue weighted by molar-refractivity contribution is 7.89. The van der Waals surface area contributed by atoms with Crippen molar-refractivity contribution in [1.29, 1.82) is 0 Å². The maximum absolute atomic E-state index is 12.9. The van der Waals surface area contributed by atoms with Crippen molar-refractivity contribution in [3.05, 3.63) is 48.2 Å². The molecule has 1 aromatic heterocycles. The second kappa shape index (κ2) is 7.32. The van der Waals surface area contributed by atoms with Gasteiger partial charge in [-0.2, -0.15) is 4.31 Å². The number of aromatic nitrogens is 2. The average Bonchev–Trinajstić information content (AvgIpc) is 3.16. The first-order valence-electron chi connectivity index (χ1n) is 7.97. The van der Waals surface area contributed by atoms with Crippen molar-refractivity contribution in [1.82, 2.24) is 19.6 Å². The van der Waals surface area contributed by atoms with Gasteiger partial charge in [-0.25, -0.2) is 17.8 Å². The fourth-order valence-electron chi connectivity index (χ4n) is 2.83. The largest absolute Gasteiger partial charge is 0.352 e. The Bertz CT molecular complexity index is 822. The molecule has 1 aromatic carbocycles. The van der Waals surface area contributed by atoms with E-state index in [-0.39, 0.29) is 29.8 Å². The highest BCUT2D eigenvalue weighted by atomic mass is 32.2. The molecular formula is C16H19FN4O3S. The molecule has 1 aliphatic rings. The number of hydrogen-bond acceptors (Lipinski definition) is 4. The van der Waals surface area contributed by atoms with Crippen molar-refractivity contribution in [2.24, 2.45) is 5.92 Å². The quantitative estimate of drug-likeness (QED) is 0.833. The van der Waals surface area contributed by atoms with Crippen LogP contribution in [0.5, 0.6) is 0 Å². The van der Waals surface area contributed by atoms with Gasteiger partial charge >= 0.3 is 0 Å². The maximum Gasteiger partial charge on any atom is 0.260 e. The van der Waals surface area contributed by atoms with Gasteiger partial charge in [-0.15, -0.1) is 0 Å². The number of nitrogens with zero attached hydrogens (tertiary/aromatic N) is 2. The van der Waals surface area contributed by atoms with Crippen LogP contribution in [0.4, 0.5) is 4.39 Å². The van der Waals surface area contributed by atoms with E-state index in [0.29, 0.717) is 19.4 Å². The summed E-state index contributed by atoms with van der Waals surface area (Å²) in [7, 11) is -3.66. The summed E-state index contributed by atoms with van der Waals surface area (Å²) in [5.41, 5.74) is 0.785. The number of amides is 1. The molecule has 2 N–H and O–H groups in total. The van der Waals surface area contributed by atoms with Crippen molar-refractivity contribution >= 4 is 15.9 Å². The zero-order valence-electron chi connectivity index (χ0n) is 13.5. The second-order valence-electron chi connectivity index (χ2n) is 5.96. The van der Waals surface area contributed by atoms with E-state index in [2.05, 4.69) is 15.3 Å². The van der Waals surface area contributed by atoms with Crippen LogP contribution in [-0.4, -0.2) is 41.7 Å². The lowest BCUT2D eigenvalue weighted by Gasteiger charge is -2.30. The van der Waals surface area contributed by atoms with Gasteiger partial charge in [-0.1, -0.05) is 12.1 Å². The Kier molecular flexibility index (Phi) is 5.14. The molecule has 0 radical (unpaired) electrons. The third-order valence-electron chi connectivity index (χ3n) is 4.23. The van der Waals surface area contributed by atoms with Crippen LogP contribution < -0.4 is 5.32 Å². The minimum atomic E-state index is -3.66. The number of hydrogen-bond donors (Lipinski definition) is 2. The summed E-state index contributed by atoms with van der Waals surface area (Å²) in [6, 6.07) is 5.87. The molecule has 7 nitrogen and oxygen atoms in total. The highest BCUT2D eigenvalue weighted by Gasteiger charge is 2.33. The molecule has 1 fully saturated rings. The molecule has 9 heteroatoms. The number of aromatic amines is 1. The predicted octanol–water partition coefficient (Wildman–Crippen LogP) is 1.27. The number of piperidine rings is 1. The number of H-pyrrole nitrogens is 1. The Balaban J connectivity index is 1.61. The molecule has 1 saturated heterocycles. The molecule has 2 heterocycles. The van der Waals surface area contributed by atoms with E-state index in [1.165, 1.54) is 29.0 Å². The van der Waals surface area contributed by atoms with E-state index >= 15 is 0 Å². The standard InChI is InChI=1S/C16H19FN4O3S/c17-14-5-3-12(4-6-14)8-19-16(22)13-2-1-7-21(10-13)25(23,24)15-9-18-11-20-15/h3-6,9,11,13H,1-2,7-8,10H2,(H,18,20)(H,19,22)/t13-/m1/s1. The Morgan fingerprint density at radius 2 is 2.12 bits per heavy atom. The van der Waals surface area contributed by atoms with Crippen molar-refractivity contribution < 1.29 is 17.6 Å². The summed E-state index contributed by atoms with van der Waals surface area (Å²) in [6.45, 7) is 0.794. The Morgan fingerprint density at radius 1 is 1.36 bits per heavy atom. The number of halogens is 1. The molecule has 0 bridgehead atoms. The van der Waals surface area contributed by atoms with Gasteiger partial charge in [0.05, 0.1) is 18.4 Å². The van der Waals surface area contributed by atoms with E-state index in [1.807, 2.05) is 0 Å². The number of carbonyl (C=O) groups excluding carboxylic acids is 1. The van der Waals surface area contributed by atoms with Gasteiger partial charge in [0.15, 0.2) is 5.03 Å². The minimum Gasteiger partial charge on any atom is -0.352 e.